The Bertz CT molecular complexity index is 767. The van der Waals surface area contributed by atoms with E-state index in [1.807, 2.05) is 0 Å². The molecule has 0 aliphatic carbocycles. The predicted molar refractivity (Wildman–Crippen MR) is 90.8 cm³/mol. The fourth-order valence-corrected chi connectivity index (χ4v) is 2.71. The molecule has 5 nitrogen and oxygen atoms in total. The van der Waals surface area contributed by atoms with Crippen LogP contribution in [-0.2, 0) is 4.79 Å². The lowest BCUT2D eigenvalue weighted by atomic mass is 10.2. The number of carbonyl (C=O) groups is 2. The number of benzene rings is 2. The van der Waals surface area contributed by atoms with E-state index in [0.29, 0.717) is 22.9 Å². The first-order chi connectivity index (χ1) is 11.5. The number of rotatable bonds is 3. The van der Waals surface area contributed by atoms with E-state index < -0.39 is 11.8 Å². The third-order valence-corrected chi connectivity index (χ3v) is 3.93. The number of hydrogen-bond acceptors (Lipinski definition) is 2. The Morgan fingerprint density at radius 3 is 2.67 bits per heavy atom. The highest BCUT2D eigenvalue weighted by Gasteiger charge is 2.31. The molecule has 1 atom stereocenters. The first-order valence-electron chi connectivity index (χ1n) is 7.40. The smallest absolute Gasteiger partial charge is 0.319 e. The number of nitrogens with zero attached hydrogens (tertiary/aromatic N) is 1. The van der Waals surface area contributed by atoms with Crippen LogP contribution in [0.5, 0.6) is 0 Å². The van der Waals surface area contributed by atoms with E-state index in [-0.39, 0.29) is 18.4 Å². The third kappa shape index (κ3) is 3.83. The minimum absolute atomic E-state index is 0.155. The number of urea groups is 1. The predicted octanol–water partition coefficient (Wildman–Crippen LogP) is 3.41. The Morgan fingerprint density at radius 2 is 1.96 bits per heavy atom. The monoisotopic (exact) mass is 347 g/mol. The van der Waals surface area contributed by atoms with Gasteiger partial charge in [-0.05, 0) is 42.5 Å². The lowest BCUT2D eigenvalue weighted by Crippen LogP contribution is -2.39. The van der Waals surface area contributed by atoms with Gasteiger partial charge in [0.05, 0.1) is 6.04 Å². The van der Waals surface area contributed by atoms with Crippen LogP contribution in [-0.4, -0.2) is 24.5 Å². The molecule has 124 valence electrons. The van der Waals surface area contributed by atoms with E-state index in [1.54, 1.807) is 36.4 Å². The zero-order valence-electron chi connectivity index (χ0n) is 12.6. The quantitative estimate of drug-likeness (QED) is 0.893. The second-order valence-electron chi connectivity index (χ2n) is 5.49. The van der Waals surface area contributed by atoms with Gasteiger partial charge in [0.15, 0.2) is 0 Å². The van der Waals surface area contributed by atoms with Gasteiger partial charge in [-0.15, -0.1) is 0 Å². The van der Waals surface area contributed by atoms with Crippen molar-refractivity contribution >= 4 is 34.9 Å². The highest BCUT2D eigenvalue weighted by molar-refractivity contribution is 6.30. The van der Waals surface area contributed by atoms with Crippen LogP contribution < -0.4 is 15.5 Å². The first kappa shape index (κ1) is 16.3. The van der Waals surface area contributed by atoms with Crippen LogP contribution in [0.25, 0.3) is 0 Å². The summed E-state index contributed by atoms with van der Waals surface area (Å²) in [6, 6.07) is 11.8. The maximum Gasteiger partial charge on any atom is 0.319 e. The summed E-state index contributed by atoms with van der Waals surface area (Å²) in [7, 11) is 0. The van der Waals surface area contributed by atoms with Gasteiger partial charge in [0.2, 0.25) is 5.91 Å². The zero-order valence-corrected chi connectivity index (χ0v) is 13.4. The lowest BCUT2D eigenvalue weighted by Gasteiger charge is -2.17. The summed E-state index contributed by atoms with van der Waals surface area (Å²) in [4.78, 5) is 25.6. The molecule has 2 aromatic rings. The molecule has 0 bridgehead atoms. The number of hydrogen-bond donors (Lipinski definition) is 2. The molecule has 24 heavy (non-hydrogen) atoms. The molecule has 3 amide bonds. The third-order valence-electron chi connectivity index (χ3n) is 3.68. The molecule has 0 spiro atoms. The molecule has 1 aliphatic heterocycles. The molecule has 0 saturated carbocycles. The summed E-state index contributed by atoms with van der Waals surface area (Å²) < 4.78 is 13.3. The van der Waals surface area contributed by atoms with Gasteiger partial charge in [-0.2, -0.15) is 0 Å². The molecular formula is C17H15ClFN3O2. The van der Waals surface area contributed by atoms with Gasteiger partial charge in [0.1, 0.15) is 5.82 Å². The maximum absolute atomic E-state index is 13.3. The van der Waals surface area contributed by atoms with Gasteiger partial charge in [-0.25, -0.2) is 9.18 Å². The van der Waals surface area contributed by atoms with Crippen LogP contribution in [0, 0.1) is 5.82 Å². The van der Waals surface area contributed by atoms with Gasteiger partial charge in [-0.3, -0.25) is 4.79 Å². The van der Waals surface area contributed by atoms with Crippen molar-refractivity contribution in [2.75, 3.05) is 16.8 Å². The molecule has 0 radical (unpaired) electrons. The van der Waals surface area contributed by atoms with Crippen LogP contribution in [0.4, 0.5) is 20.6 Å². The first-order valence-corrected chi connectivity index (χ1v) is 7.78. The van der Waals surface area contributed by atoms with Crippen molar-refractivity contribution in [3.63, 3.8) is 0 Å². The molecule has 1 saturated heterocycles. The summed E-state index contributed by atoms with van der Waals surface area (Å²) in [5, 5.41) is 6.00. The number of amides is 3. The van der Waals surface area contributed by atoms with Crippen LogP contribution in [0.3, 0.4) is 0 Å². The van der Waals surface area contributed by atoms with E-state index in [4.69, 9.17) is 11.6 Å². The summed E-state index contributed by atoms with van der Waals surface area (Å²) in [6.45, 7) is 0.302. The van der Waals surface area contributed by atoms with E-state index in [9.17, 15) is 14.0 Å². The standard InChI is InChI=1S/C17H15ClFN3O2/c18-11-4-6-13(7-5-11)20-17(24)21-14-9-16(23)22(10-14)15-3-1-2-12(19)8-15/h1-8,14H,9-10H2,(H2,20,21,24)/t14-/m1/s1. The number of anilines is 2. The van der Waals surface area contributed by atoms with Crippen molar-refractivity contribution in [1.82, 2.24) is 5.32 Å². The normalized spacial score (nSPS) is 17.0. The van der Waals surface area contributed by atoms with Crippen molar-refractivity contribution < 1.29 is 14.0 Å². The summed E-state index contributed by atoms with van der Waals surface area (Å²) in [5.41, 5.74) is 1.09. The molecule has 1 fully saturated rings. The summed E-state index contributed by atoms with van der Waals surface area (Å²) >= 11 is 5.79. The van der Waals surface area contributed by atoms with Crippen molar-refractivity contribution in [2.45, 2.75) is 12.5 Å². The molecule has 7 heteroatoms. The second-order valence-corrected chi connectivity index (χ2v) is 5.93. The minimum atomic E-state index is -0.406. The molecule has 2 aromatic carbocycles. The van der Waals surface area contributed by atoms with E-state index in [1.165, 1.54) is 17.0 Å². The average Bonchev–Trinajstić information content (AvgIpc) is 2.90. The Hall–Kier alpha value is -2.60. The largest absolute Gasteiger partial charge is 0.333 e. The van der Waals surface area contributed by atoms with Crippen LogP contribution in [0.15, 0.2) is 48.5 Å². The average molecular weight is 348 g/mol. The molecule has 3 rings (SSSR count). The van der Waals surface area contributed by atoms with Gasteiger partial charge in [0, 0.05) is 29.4 Å². The zero-order chi connectivity index (χ0) is 17.1. The van der Waals surface area contributed by atoms with Crippen LogP contribution >= 0.6 is 11.6 Å². The number of nitrogens with one attached hydrogen (secondary N) is 2. The molecule has 0 aromatic heterocycles. The lowest BCUT2D eigenvalue weighted by molar-refractivity contribution is -0.117. The Balaban J connectivity index is 1.59. The van der Waals surface area contributed by atoms with Crippen molar-refractivity contribution in [3.8, 4) is 0 Å². The van der Waals surface area contributed by atoms with Crippen LogP contribution in [0.2, 0.25) is 5.02 Å². The maximum atomic E-state index is 13.3. The van der Waals surface area contributed by atoms with E-state index >= 15 is 0 Å². The topological polar surface area (TPSA) is 61.4 Å². The van der Waals surface area contributed by atoms with E-state index in [0.717, 1.165) is 0 Å². The Kier molecular flexibility index (Phi) is 4.66. The fourth-order valence-electron chi connectivity index (χ4n) is 2.58. The molecule has 1 aliphatic rings. The fraction of sp³-hybridized carbons (Fsp3) is 0.176. The van der Waals surface area contributed by atoms with Crippen molar-refractivity contribution in [2.24, 2.45) is 0 Å². The van der Waals surface area contributed by atoms with Gasteiger partial charge < -0.3 is 15.5 Å². The minimum Gasteiger partial charge on any atom is -0.333 e. The Morgan fingerprint density at radius 1 is 1.21 bits per heavy atom. The highest BCUT2D eigenvalue weighted by atomic mass is 35.5. The molecule has 2 N–H and O–H groups in total. The molecular weight excluding hydrogens is 333 g/mol. The van der Waals surface area contributed by atoms with Gasteiger partial charge in [0.25, 0.3) is 0 Å². The van der Waals surface area contributed by atoms with Crippen LogP contribution in [0.1, 0.15) is 6.42 Å². The summed E-state index contributed by atoms with van der Waals surface area (Å²) in [6.07, 6.45) is 0.171. The highest BCUT2D eigenvalue weighted by Crippen LogP contribution is 2.22. The molecule has 1 heterocycles. The molecule has 0 unspecified atom stereocenters. The van der Waals surface area contributed by atoms with Gasteiger partial charge in [-0.1, -0.05) is 17.7 Å². The van der Waals surface area contributed by atoms with Crippen molar-refractivity contribution in [1.29, 1.82) is 0 Å². The van der Waals surface area contributed by atoms with E-state index in [2.05, 4.69) is 10.6 Å². The number of carbonyl (C=O) groups excluding carboxylic acids is 2. The number of halogens is 2. The SMILES string of the molecule is O=C(Nc1ccc(Cl)cc1)N[C@@H]1CC(=O)N(c2cccc(F)c2)C1. The Labute approximate surface area is 143 Å². The van der Waals surface area contributed by atoms with Gasteiger partial charge >= 0.3 is 6.03 Å². The van der Waals surface area contributed by atoms with Crippen molar-refractivity contribution in [3.05, 3.63) is 59.4 Å². The summed E-state index contributed by atoms with van der Waals surface area (Å²) in [5.74, 6) is -0.561. The second kappa shape index (κ2) is 6.88.